The Morgan fingerprint density at radius 1 is 1.05 bits per heavy atom. The Hall–Kier alpha value is -2.40. The number of amides is 1. The molecule has 2 aromatic rings. The number of halogens is 1. The van der Waals surface area contributed by atoms with Gasteiger partial charge in [-0.1, -0.05) is 12.1 Å². The third kappa shape index (κ3) is 4.37. The van der Waals surface area contributed by atoms with Gasteiger partial charge in [-0.3, -0.25) is 4.79 Å². The number of hydrogen-bond acceptors (Lipinski definition) is 3. The summed E-state index contributed by atoms with van der Waals surface area (Å²) in [4.78, 5) is 11.6. The smallest absolute Gasteiger partial charge is 0.238 e. The molecular formula is C15H15FN2O2. The van der Waals surface area contributed by atoms with Crippen molar-refractivity contribution in [1.82, 2.24) is 5.32 Å². The van der Waals surface area contributed by atoms with E-state index in [4.69, 9.17) is 5.11 Å². The number of phenolic OH excluding ortho intramolecular Hbond substituents is 1. The fraction of sp³-hybridized carbons (Fsp3) is 0.133. The fourth-order valence-corrected chi connectivity index (χ4v) is 1.67. The first-order chi connectivity index (χ1) is 9.63. The first-order valence-electron chi connectivity index (χ1n) is 6.17. The quantitative estimate of drug-likeness (QED) is 0.783. The van der Waals surface area contributed by atoms with E-state index in [-0.39, 0.29) is 24.0 Å². The molecule has 0 aliphatic rings. The van der Waals surface area contributed by atoms with Gasteiger partial charge in [-0.25, -0.2) is 4.39 Å². The van der Waals surface area contributed by atoms with Crippen LogP contribution >= 0.6 is 0 Å². The third-order valence-electron chi connectivity index (χ3n) is 2.68. The Morgan fingerprint density at radius 2 is 1.70 bits per heavy atom. The summed E-state index contributed by atoms with van der Waals surface area (Å²) >= 11 is 0. The molecule has 0 fully saturated rings. The zero-order chi connectivity index (χ0) is 14.4. The van der Waals surface area contributed by atoms with Crippen molar-refractivity contribution in [3.8, 4) is 5.75 Å². The van der Waals surface area contributed by atoms with Crippen LogP contribution in [0.25, 0.3) is 0 Å². The number of aromatic hydroxyl groups is 1. The molecule has 2 rings (SSSR count). The number of carbonyl (C=O) groups is 1. The van der Waals surface area contributed by atoms with Crippen molar-refractivity contribution < 1.29 is 14.3 Å². The molecule has 0 aliphatic heterocycles. The molecule has 0 radical (unpaired) electrons. The predicted octanol–water partition coefficient (Wildman–Crippen LogP) is 2.26. The van der Waals surface area contributed by atoms with Crippen LogP contribution in [0, 0.1) is 5.82 Å². The van der Waals surface area contributed by atoms with E-state index in [0.29, 0.717) is 12.2 Å². The van der Waals surface area contributed by atoms with Crippen molar-refractivity contribution in [1.29, 1.82) is 0 Å². The van der Waals surface area contributed by atoms with Gasteiger partial charge in [-0.05, 0) is 42.0 Å². The highest BCUT2D eigenvalue weighted by Crippen LogP contribution is 2.09. The Morgan fingerprint density at radius 3 is 2.35 bits per heavy atom. The van der Waals surface area contributed by atoms with Gasteiger partial charge >= 0.3 is 0 Å². The maximum absolute atomic E-state index is 12.7. The lowest BCUT2D eigenvalue weighted by molar-refractivity contribution is -0.115. The lowest BCUT2D eigenvalue weighted by Crippen LogP contribution is -2.27. The number of anilines is 1. The predicted molar refractivity (Wildman–Crippen MR) is 74.8 cm³/mol. The zero-order valence-electron chi connectivity index (χ0n) is 10.8. The molecule has 0 unspecified atom stereocenters. The van der Waals surface area contributed by atoms with Gasteiger partial charge in [0.25, 0.3) is 0 Å². The van der Waals surface area contributed by atoms with E-state index in [1.54, 1.807) is 24.3 Å². The number of benzene rings is 2. The van der Waals surface area contributed by atoms with Gasteiger partial charge in [0.1, 0.15) is 11.6 Å². The van der Waals surface area contributed by atoms with E-state index in [1.165, 1.54) is 24.3 Å². The van der Waals surface area contributed by atoms with Crippen molar-refractivity contribution in [2.45, 2.75) is 6.54 Å². The van der Waals surface area contributed by atoms with Crippen LogP contribution in [0.2, 0.25) is 0 Å². The molecule has 0 aromatic heterocycles. The summed E-state index contributed by atoms with van der Waals surface area (Å²) in [6.07, 6.45) is 0. The average Bonchev–Trinajstić information content (AvgIpc) is 2.44. The van der Waals surface area contributed by atoms with Gasteiger partial charge in [0.05, 0.1) is 6.54 Å². The van der Waals surface area contributed by atoms with E-state index in [9.17, 15) is 9.18 Å². The molecular weight excluding hydrogens is 259 g/mol. The SMILES string of the molecule is O=C(CNCc1ccc(O)cc1)Nc1ccc(F)cc1. The Bertz CT molecular complexity index is 567. The maximum Gasteiger partial charge on any atom is 0.238 e. The molecule has 2 aromatic carbocycles. The van der Waals surface area contributed by atoms with Crippen LogP contribution < -0.4 is 10.6 Å². The van der Waals surface area contributed by atoms with Gasteiger partial charge < -0.3 is 15.7 Å². The number of phenols is 1. The first kappa shape index (κ1) is 14.0. The zero-order valence-corrected chi connectivity index (χ0v) is 10.8. The second-order valence-electron chi connectivity index (χ2n) is 4.33. The number of hydrogen-bond donors (Lipinski definition) is 3. The second kappa shape index (κ2) is 6.68. The minimum atomic E-state index is -0.339. The molecule has 0 bridgehead atoms. The summed E-state index contributed by atoms with van der Waals surface area (Å²) in [7, 11) is 0. The number of nitrogens with one attached hydrogen (secondary N) is 2. The van der Waals surface area contributed by atoms with E-state index in [1.807, 2.05) is 0 Å². The third-order valence-corrected chi connectivity index (χ3v) is 2.68. The second-order valence-corrected chi connectivity index (χ2v) is 4.33. The highest BCUT2D eigenvalue weighted by atomic mass is 19.1. The molecule has 0 atom stereocenters. The summed E-state index contributed by atoms with van der Waals surface area (Å²) in [5, 5.41) is 14.8. The molecule has 3 N–H and O–H groups in total. The molecule has 0 aliphatic carbocycles. The summed E-state index contributed by atoms with van der Waals surface area (Å²) < 4.78 is 12.7. The highest BCUT2D eigenvalue weighted by Gasteiger charge is 2.02. The molecule has 0 saturated carbocycles. The summed E-state index contributed by atoms with van der Waals surface area (Å²) in [5.41, 5.74) is 1.53. The molecule has 0 spiro atoms. The van der Waals surface area contributed by atoms with Crippen LogP contribution in [0.15, 0.2) is 48.5 Å². The Balaban J connectivity index is 1.75. The lowest BCUT2D eigenvalue weighted by atomic mass is 10.2. The van der Waals surface area contributed by atoms with Crippen molar-refractivity contribution >= 4 is 11.6 Å². The highest BCUT2D eigenvalue weighted by molar-refractivity contribution is 5.92. The van der Waals surface area contributed by atoms with Crippen LogP contribution in [-0.2, 0) is 11.3 Å². The molecule has 4 nitrogen and oxygen atoms in total. The minimum absolute atomic E-state index is 0.151. The van der Waals surface area contributed by atoms with E-state index in [0.717, 1.165) is 5.56 Å². The average molecular weight is 274 g/mol. The molecule has 0 saturated heterocycles. The monoisotopic (exact) mass is 274 g/mol. The maximum atomic E-state index is 12.7. The van der Waals surface area contributed by atoms with Crippen molar-refractivity contribution in [3.63, 3.8) is 0 Å². The number of carbonyl (C=O) groups excluding carboxylic acids is 1. The summed E-state index contributed by atoms with van der Waals surface area (Å²) in [6.45, 7) is 0.676. The molecule has 0 heterocycles. The number of rotatable bonds is 5. The normalized spacial score (nSPS) is 10.2. The van der Waals surface area contributed by atoms with Crippen LogP contribution in [0.3, 0.4) is 0 Å². The fourth-order valence-electron chi connectivity index (χ4n) is 1.67. The van der Waals surface area contributed by atoms with Crippen LogP contribution in [0.1, 0.15) is 5.56 Å². The van der Waals surface area contributed by atoms with E-state index >= 15 is 0 Å². The Labute approximate surface area is 116 Å². The molecule has 5 heteroatoms. The van der Waals surface area contributed by atoms with Crippen LogP contribution in [-0.4, -0.2) is 17.6 Å². The van der Waals surface area contributed by atoms with Gasteiger partial charge in [0, 0.05) is 12.2 Å². The van der Waals surface area contributed by atoms with Gasteiger partial charge in [-0.15, -0.1) is 0 Å². The van der Waals surface area contributed by atoms with Crippen molar-refractivity contribution in [2.75, 3.05) is 11.9 Å². The van der Waals surface area contributed by atoms with Crippen LogP contribution in [0.4, 0.5) is 10.1 Å². The van der Waals surface area contributed by atoms with Crippen molar-refractivity contribution in [3.05, 3.63) is 59.9 Å². The van der Waals surface area contributed by atoms with Crippen LogP contribution in [0.5, 0.6) is 5.75 Å². The standard InChI is InChI=1S/C15H15FN2O2/c16-12-3-5-13(6-4-12)18-15(20)10-17-9-11-1-7-14(19)8-2-11/h1-8,17,19H,9-10H2,(H,18,20). The molecule has 20 heavy (non-hydrogen) atoms. The molecule has 1 amide bonds. The molecule has 104 valence electrons. The largest absolute Gasteiger partial charge is 0.508 e. The topological polar surface area (TPSA) is 61.4 Å². The lowest BCUT2D eigenvalue weighted by Gasteiger charge is -2.07. The van der Waals surface area contributed by atoms with Gasteiger partial charge in [0.15, 0.2) is 0 Å². The minimum Gasteiger partial charge on any atom is -0.508 e. The van der Waals surface area contributed by atoms with Gasteiger partial charge in [-0.2, -0.15) is 0 Å². The summed E-state index contributed by atoms with van der Waals surface area (Å²) in [6, 6.07) is 12.3. The first-order valence-corrected chi connectivity index (χ1v) is 6.17. The van der Waals surface area contributed by atoms with Crippen molar-refractivity contribution in [2.24, 2.45) is 0 Å². The Kier molecular flexibility index (Phi) is 4.68. The van der Waals surface area contributed by atoms with E-state index in [2.05, 4.69) is 10.6 Å². The van der Waals surface area contributed by atoms with Gasteiger partial charge in [0.2, 0.25) is 5.91 Å². The van der Waals surface area contributed by atoms with E-state index < -0.39 is 0 Å². The summed E-state index contributed by atoms with van der Waals surface area (Å²) in [5.74, 6) is -0.327.